The number of aromatic nitrogens is 2. The van der Waals surface area contributed by atoms with Crippen molar-refractivity contribution in [3.63, 3.8) is 0 Å². The molecule has 30 heavy (non-hydrogen) atoms. The van der Waals surface area contributed by atoms with E-state index in [0.717, 1.165) is 17.1 Å². The molecule has 1 aliphatic carbocycles. The fraction of sp³-hybridized carbons (Fsp3) is 0.565. The molecule has 1 fully saturated rings. The summed E-state index contributed by atoms with van der Waals surface area (Å²) in [5, 5.41) is 19.8. The average Bonchev–Trinajstić information content (AvgIpc) is 2.73. The van der Waals surface area contributed by atoms with Crippen LogP contribution in [0.1, 0.15) is 46.0 Å². The van der Waals surface area contributed by atoms with E-state index >= 15 is 0 Å². The Bertz CT molecular complexity index is 793. The maximum Gasteiger partial charge on any atom is 0.225 e. The van der Waals surface area contributed by atoms with Crippen molar-refractivity contribution in [2.24, 2.45) is 0 Å². The Balaban J connectivity index is 1.80. The maximum absolute atomic E-state index is 9.88. The van der Waals surface area contributed by atoms with E-state index in [1.54, 1.807) is 7.05 Å². The van der Waals surface area contributed by atoms with Gasteiger partial charge in [-0.2, -0.15) is 4.98 Å². The van der Waals surface area contributed by atoms with Gasteiger partial charge in [-0.05, 0) is 45.9 Å². The molecule has 0 spiro atoms. The van der Waals surface area contributed by atoms with Gasteiger partial charge in [0.2, 0.25) is 5.95 Å². The molecule has 1 atom stereocenters. The first-order chi connectivity index (χ1) is 14.5. The Morgan fingerprint density at radius 3 is 2.67 bits per heavy atom. The highest BCUT2D eigenvalue weighted by atomic mass is 16.5. The molecule has 0 radical (unpaired) electrons. The van der Waals surface area contributed by atoms with Gasteiger partial charge in [0, 0.05) is 30.3 Å². The van der Waals surface area contributed by atoms with Crippen LogP contribution in [0, 0.1) is 0 Å². The molecule has 1 aliphatic rings. The number of anilines is 2. The summed E-state index contributed by atoms with van der Waals surface area (Å²) in [6.07, 6.45) is 5.68. The highest BCUT2D eigenvalue weighted by Crippen LogP contribution is 2.27. The summed E-state index contributed by atoms with van der Waals surface area (Å²) in [7, 11) is 1.81. The number of ether oxygens (including phenoxy) is 1. The minimum atomic E-state index is -0.550. The molecule has 1 unspecified atom stereocenters. The van der Waals surface area contributed by atoms with Gasteiger partial charge in [-0.3, -0.25) is 0 Å². The third-order valence-electron chi connectivity index (χ3n) is 5.11. The highest BCUT2D eigenvalue weighted by Gasteiger charge is 2.16. The minimum absolute atomic E-state index is 0.239. The van der Waals surface area contributed by atoms with Gasteiger partial charge in [-0.1, -0.05) is 31.4 Å². The van der Waals surface area contributed by atoms with Crippen molar-refractivity contribution >= 4 is 11.8 Å². The Morgan fingerprint density at radius 2 is 1.93 bits per heavy atom. The number of likely N-dealkylation sites (N-methyl/N-ethyl adjacent to an activating group) is 1. The van der Waals surface area contributed by atoms with Crippen LogP contribution in [0.15, 0.2) is 30.3 Å². The summed E-state index contributed by atoms with van der Waals surface area (Å²) in [4.78, 5) is 9.42. The Labute approximate surface area is 179 Å². The summed E-state index contributed by atoms with van der Waals surface area (Å²) in [5.41, 5.74) is 1.80. The molecule has 1 saturated carbocycles. The lowest BCUT2D eigenvalue weighted by atomic mass is 9.95. The number of hydrogen-bond donors (Lipinski definition) is 4. The zero-order chi connectivity index (χ0) is 21.3. The number of rotatable bonds is 10. The van der Waals surface area contributed by atoms with Crippen LogP contribution in [0.5, 0.6) is 5.75 Å². The molecule has 2 aromatic rings. The second-order valence-electron chi connectivity index (χ2n) is 8.29. The quantitative estimate of drug-likeness (QED) is 0.472. The van der Waals surface area contributed by atoms with Crippen molar-refractivity contribution in [3.8, 4) is 17.0 Å². The van der Waals surface area contributed by atoms with Gasteiger partial charge < -0.3 is 25.8 Å². The number of aliphatic hydroxyl groups excluding tert-OH is 1. The number of benzene rings is 1. The summed E-state index contributed by atoms with van der Waals surface area (Å²) >= 11 is 0. The van der Waals surface area contributed by atoms with Crippen LogP contribution in [0.4, 0.5) is 11.8 Å². The van der Waals surface area contributed by atoms with Gasteiger partial charge in [0.25, 0.3) is 0 Å². The monoisotopic (exact) mass is 413 g/mol. The highest BCUT2D eigenvalue weighted by molar-refractivity contribution is 5.66. The first-order valence-corrected chi connectivity index (χ1v) is 11.0. The van der Waals surface area contributed by atoms with Crippen LogP contribution in [0.2, 0.25) is 0 Å². The standard InChI is InChI=1S/C23H35N5O2/c1-16(2)25-23-27-21(13-22(28-23)26-18-9-5-4-6-10-18)17-8-7-11-20(12-17)30-15-19(29)14-24-3/h7-8,11-13,16,18-19,24,29H,4-6,9-10,14-15H2,1-3H3,(H2,25,26,27,28). The molecule has 3 rings (SSSR count). The maximum atomic E-state index is 9.88. The van der Waals surface area contributed by atoms with Crippen LogP contribution in [-0.4, -0.2) is 53.5 Å². The van der Waals surface area contributed by atoms with E-state index in [9.17, 15) is 5.11 Å². The Morgan fingerprint density at radius 1 is 1.13 bits per heavy atom. The van der Waals surface area contributed by atoms with Crippen molar-refractivity contribution in [1.82, 2.24) is 15.3 Å². The molecule has 1 aromatic heterocycles. The smallest absolute Gasteiger partial charge is 0.225 e. The summed E-state index contributed by atoms with van der Waals surface area (Å²) in [6, 6.07) is 10.5. The summed E-state index contributed by atoms with van der Waals surface area (Å²) in [6.45, 7) is 4.89. The van der Waals surface area contributed by atoms with E-state index in [2.05, 4.69) is 29.8 Å². The first kappa shape index (κ1) is 22.3. The van der Waals surface area contributed by atoms with Crippen molar-refractivity contribution in [2.45, 2.75) is 64.1 Å². The van der Waals surface area contributed by atoms with Crippen LogP contribution in [-0.2, 0) is 0 Å². The number of nitrogens with one attached hydrogen (secondary N) is 3. The van der Waals surface area contributed by atoms with Gasteiger partial charge in [0.05, 0.1) is 5.69 Å². The average molecular weight is 414 g/mol. The number of aliphatic hydroxyl groups is 1. The lowest BCUT2D eigenvalue weighted by Crippen LogP contribution is -2.29. The van der Waals surface area contributed by atoms with E-state index in [4.69, 9.17) is 14.7 Å². The zero-order valence-corrected chi connectivity index (χ0v) is 18.3. The molecule has 0 saturated heterocycles. The van der Waals surface area contributed by atoms with Gasteiger partial charge in [-0.25, -0.2) is 4.98 Å². The Kier molecular flexibility index (Phi) is 8.28. The van der Waals surface area contributed by atoms with Crippen LogP contribution in [0.25, 0.3) is 11.3 Å². The van der Waals surface area contributed by atoms with E-state index in [0.29, 0.717) is 24.3 Å². The predicted octanol–water partition coefficient (Wildman–Crippen LogP) is 3.67. The van der Waals surface area contributed by atoms with E-state index in [1.165, 1.54) is 32.1 Å². The molecule has 7 nitrogen and oxygen atoms in total. The number of hydrogen-bond acceptors (Lipinski definition) is 7. The summed E-state index contributed by atoms with van der Waals surface area (Å²) < 4.78 is 5.76. The molecule has 164 valence electrons. The minimum Gasteiger partial charge on any atom is -0.491 e. The lowest BCUT2D eigenvalue weighted by Gasteiger charge is -2.24. The second-order valence-corrected chi connectivity index (χ2v) is 8.29. The van der Waals surface area contributed by atoms with Crippen LogP contribution < -0.4 is 20.7 Å². The topological polar surface area (TPSA) is 91.3 Å². The van der Waals surface area contributed by atoms with Crippen molar-refractivity contribution in [2.75, 3.05) is 30.8 Å². The molecule has 0 aliphatic heterocycles. The van der Waals surface area contributed by atoms with Gasteiger partial charge in [0.1, 0.15) is 24.3 Å². The normalized spacial score (nSPS) is 15.8. The fourth-order valence-electron chi connectivity index (χ4n) is 3.68. The van der Waals surface area contributed by atoms with Gasteiger partial charge in [0.15, 0.2) is 0 Å². The van der Waals surface area contributed by atoms with E-state index in [1.807, 2.05) is 30.3 Å². The van der Waals surface area contributed by atoms with Gasteiger partial charge >= 0.3 is 0 Å². The second kappa shape index (κ2) is 11.1. The van der Waals surface area contributed by atoms with Crippen molar-refractivity contribution in [1.29, 1.82) is 0 Å². The Hall–Kier alpha value is -2.38. The van der Waals surface area contributed by atoms with E-state index < -0.39 is 6.10 Å². The van der Waals surface area contributed by atoms with Crippen LogP contribution >= 0.6 is 0 Å². The molecular formula is C23H35N5O2. The molecule has 0 bridgehead atoms. The molecule has 7 heteroatoms. The zero-order valence-electron chi connectivity index (χ0n) is 18.3. The molecule has 1 heterocycles. The first-order valence-electron chi connectivity index (χ1n) is 11.0. The van der Waals surface area contributed by atoms with Crippen molar-refractivity contribution < 1.29 is 9.84 Å². The molecule has 1 aromatic carbocycles. The lowest BCUT2D eigenvalue weighted by molar-refractivity contribution is 0.108. The largest absolute Gasteiger partial charge is 0.491 e. The van der Waals surface area contributed by atoms with E-state index in [-0.39, 0.29) is 12.6 Å². The van der Waals surface area contributed by atoms with Crippen molar-refractivity contribution in [3.05, 3.63) is 30.3 Å². The third-order valence-corrected chi connectivity index (χ3v) is 5.11. The molecule has 4 N–H and O–H groups in total. The SMILES string of the molecule is CNCC(O)COc1cccc(-c2cc(NC3CCCCC3)nc(NC(C)C)n2)c1. The fourth-order valence-corrected chi connectivity index (χ4v) is 3.68. The van der Waals surface area contributed by atoms with Crippen LogP contribution in [0.3, 0.4) is 0 Å². The molecular weight excluding hydrogens is 378 g/mol. The predicted molar refractivity (Wildman–Crippen MR) is 122 cm³/mol. The molecule has 0 amide bonds. The third kappa shape index (κ3) is 6.85. The van der Waals surface area contributed by atoms with Gasteiger partial charge in [-0.15, -0.1) is 0 Å². The summed E-state index contributed by atoms with van der Waals surface area (Å²) in [5.74, 6) is 2.18. The number of nitrogens with zero attached hydrogens (tertiary/aromatic N) is 2.